The largest absolute Gasteiger partial charge is 0.496 e. The van der Waals surface area contributed by atoms with E-state index >= 15 is 0 Å². The van der Waals surface area contributed by atoms with Gasteiger partial charge in [-0.1, -0.05) is 6.92 Å². The Balaban J connectivity index is 3.05. The number of nitrogens with one attached hydrogen (secondary N) is 1. The Hall–Kier alpha value is -0.710. The topological polar surface area (TPSA) is 30.5 Å². The molecule has 0 bridgehead atoms. The molecule has 0 aromatic heterocycles. The van der Waals surface area contributed by atoms with Crippen LogP contribution in [0, 0.1) is 0 Å². The van der Waals surface area contributed by atoms with Gasteiger partial charge in [0, 0.05) is 11.4 Å². The SMILES string of the molecule is CCc1cc(SC)c(CNOC)cc1OC. The molecule has 0 aliphatic carbocycles. The molecule has 0 aliphatic rings. The summed E-state index contributed by atoms with van der Waals surface area (Å²) in [5, 5.41) is 0. The first-order valence-corrected chi connectivity index (χ1v) is 6.48. The maximum absolute atomic E-state index is 5.38. The fourth-order valence-corrected chi connectivity index (χ4v) is 2.24. The van der Waals surface area contributed by atoms with E-state index in [1.807, 2.05) is 0 Å². The second-order valence-electron chi connectivity index (χ2n) is 3.35. The molecule has 0 spiro atoms. The van der Waals surface area contributed by atoms with Crippen LogP contribution in [0.3, 0.4) is 0 Å². The highest BCUT2D eigenvalue weighted by Crippen LogP contribution is 2.29. The molecule has 0 saturated heterocycles. The molecule has 4 heteroatoms. The zero-order valence-electron chi connectivity index (χ0n) is 10.3. The first kappa shape index (κ1) is 13.4. The van der Waals surface area contributed by atoms with Gasteiger partial charge in [0.1, 0.15) is 5.75 Å². The molecule has 90 valence electrons. The Bertz CT molecular complexity index is 342. The number of hydrogen-bond donors (Lipinski definition) is 1. The van der Waals surface area contributed by atoms with Crippen LogP contribution in [-0.4, -0.2) is 20.5 Å². The van der Waals surface area contributed by atoms with Crippen LogP contribution < -0.4 is 10.2 Å². The molecule has 0 fully saturated rings. The average Bonchev–Trinajstić information content (AvgIpc) is 2.35. The summed E-state index contributed by atoms with van der Waals surface area (Å²) in [6, 6.07) is 4.27. The monoisotopic (exact) mass is 241 g/mol. The van der Waals surface area contributed by atoms with Crippen LogP contribution in [0.5, 0.6) is 5.75 Å². The number of methoxy groups -OCH3 is 1. The second-order valence-corrected chi connectivity index (χ2v) is 4.20. The van der Waals surface area contributed by atoms with Crippen molar-refractivity contribution in [3.63, 3.8) is 0 Å². The van der Waals surface area contributed by atoms with E-state index in [1.165, 1.54) is 16.0 Å². The summed E-state index contributed by atoms with van der Waals surface area (Å²) in [5.41, 5.74) is 5.30. The lowest BCUT2D eigenvalue weighted by Gasteiger charge is -2.13. The number of ether oxygens (including phenoxy) is 1. The molecule has 0 heterocycles. The van der Waals surface area contributed by atoms with E-state index in [1.54, 1.807) is 26.0 Å². The van der Waals surface area contributed by atoms with Gasteiger partial charge in [0.2, 0.25) is 0 Å². The van der Waals surface area contributed by atoms with Crippen molar-refractivity contribution in [1.29, 1.82) is 0 Å². The van der Waals surface area contributed by atoms with Crippen LogP contribution in [0.25, 0.3) is 0 Å². The van der Waals surface area contributed by atoms with E-state index in [0.29, 0.717) is 6.54 Å². The van der Waals surface area contributed by atoms with Gasteiger partial charge < -0.3 is 9.57 Å². The third kappa shape index (κ3) is 3.14. The van der Waals surface area contributed by atoms with Crippen molar-refractivity contribution in [1.82, 2.24) is 5.48 Å². The second kappa shape index (κ2) is 6.78. The number of thioether (sulfide) groups is 1. The highest BCUT2D eigenvalue weighted by molar-refractivity contribution is 7.98. The summed E-state index contributed by atoms with van der Waals surface area (Å²) in [7, 11) is 3.33. The first-order chi connectivity index (χ1) is 7.76. The number of hydrogen-bond acceptors (Lipinski definition) is 4. The summed E-state index contributed by atoms with van der Waals surface area (Å²) >= 11 is 1.74. The summed E-state index contributed by atoms with van der Waals surface area (Å²) < 4.78 is 5.38. The summed E-state index contributed by atoms with van der Waals surface area (Å²) in [6.45, 7) is 2.82. The molecule has 1 rings (SSSR count). The quantitative estimate of drug-likeness (QED) is 0.612. The predicted molar refractivity (Wildman–Crippen MR) is 68.0 cm³/mol. The molecule has 1 aromatic rings. The maximum atomic E-state index is 5.38. The van der Waals surface area contributed by atoms with Gasteiger partial charge in [0.15, 0.2) is 0 Å². The molecule has 0 atom stereocenters. The van der Waals surface area contributed by atoms with Gasteiger partial charge in [0.05, 0.1) is 14.2 Å². The van der Waals surface area contributed by atoms with E-state index in [9.17, 15) is 0 Å². The maximum Gasteiger partial charge on any atom is 0.122 e. The fourth-order valence-electron chi connectivity index (χ4n) is 1.59. The molecule has 16 heavy (non-hydrogen) atoms. The molecular weight excluding hydrogens is 222 g/mol. The van der Waals surface area contributed by atoms with Crippen LogP contribution in [0.1, 0.15) is 18.1 Å². The van der Waals surface area contributed by atoms with Crippen molar-refractivity contribution in [2.45, 2.75) is 24.8 Å². The molecule has 0 unspecified atom stereocenters. The summed E-state index contributed by atoms with van der Waals surface area (Å²) in [4.78, 5) is 6.14. The van der Waals surface area contributed by atoms with Crippen molar-refractivity contribution in [3.8, 4) is 5.75 Å². The Kier molecular flexibility index (Phi) is 5.66. The Morgan fingerprint density at radius 3 is 2.50 bits per heavy atom. The molecule has 1 aromatic carbocycles. The van der Waals surface area contributed by atoms with E-state index in [0.717, 1.165) is 12.2 Å². The summed E-state index contributed by atoms with van der Waals surface area (Å²) in [5.74, 6) is 0.952. The zero-order valence-corrected chi connectivity index (χ0v) is 11.1. The molecule has 1 N–H and O–H groups in total. The minimum absolute atomic E-state index is 0.688. The Labute approximate surface area is 101 Å². The number of hydroxylamine groups is 1. The van der Waals surface area contributed by atoms with Crippen LogP contribution in [0.4, 0.5) is 0 Å². The van der Waals surface area contributed by atoms with E-state index < -0.39 is 0 Å². The highest BCUT2D eigenvalue weighted by atomic mass is 32.2. The molecule has 3 nitrogen and oxygen atoms in total. The van der Waals surface area contributed by atoms with Crippen LogP contribution in [0.2, 0.25) is 0 Å². The van der Waals surface area contributed by atoms with Crippen LogP contribution >= 0.6 is 11.8 Å². The highest BCUT2D eigenvalue weighted by Gasteiger charge is 2.08. The lowest BCUT2D eigenvalue weighted by Crippen LogP contribution is -2.12. The minimum atomic E-state index is 0.688. The van der Waals surface area contributed by atoms with Gasteiger partial charge in [-0.2, -0.15) is 5.48 Å². The van der Waals surface area contributed by atoms with Crippen molar-refractivity contribution in [3.05, 3.63) is 23.3 Å². The lowest BCUT2D eigenvalue weighted by atomic mass is 10.1. The van der Waals surface area contributed by atoms with Gasteiger partial charge >= 0.3 is 0 Å². The Morgan fingerprint density at radius 1 is 1.25 bits per heavy atom. The molecule has 0 aliphatic heterocycles. The minimum Gasteiger partial charge on any atom is -0.496 e. The smallest absolute Gasteiger partial charge is 0.122 e. The van der Waals surface area contributed by atoms with Crippen molar-refractivity contribution < 1.29 is 9.57 Å². The van der Waals surface area contributed by atoms with Crippen molar-refractivity contribution in [2.24, 2.45) is 0 Å². The Morgan fingerprint density at radius 2 is 2.00 bits per heavy atom. The van der Waals surface area contributed by atoms with Gasteiger partial charge in [-0.3, -0.25) is 0 Å². The predicted octanol–water partition coefficient (Wildman–Crippen LogP) is 2.63. The van der Waals surface area contributed by atoms with Crippen molar-refractivity contribution in [2.75, 3.05) is 20.5 Å². The molecule has 0 saturated carbocycles. The molecule has 0 radical (unpaired) electrons. The molecule has 0 amide bonds. The normalized spacial score (nSPS) is 10.5. The third-order valence-electron chi connectivity index (χ3n) is 2.47. The van der Waals surface area contributed by atoms with Gasteiger partial charge in [-0.05, 0) is 35.9 Å². The van der Waals surface area contributed by atoms with Crippen molar-refractivity contribution >= 4 is 11.8 Å². The summed E-state index contributed by atoms with van der Waals surface area (Å²) in [6.07, 6.45) is 3.06. The fraction of sp³-hybridized carbons (Fsp3) is 0.500. The van der Waals surface area contributed by atoms with Crippen LogP contribution in [0.15, 0.2) is 17.0 Å². The average molecular weight is 241 g/mol. The zero-order chi connectivity index (χ0) is 12.0. The first-order valence-electron chi connectivity index (χ1n) is 5.26. The number of rotatable bonds is 6. The van der Waals surface area contributed by atoms with Crippen LogP contribution in [-0.2, 0) is 17.8 Å². The van der Waals surface area contributed by atoms with E-state index in [-0.39, 0.29) is 0 Å². The van der Waals surface area contributed by atoms with E-state index in [2.05, 4.69) is 30.8 Å². The third-order valence-corrected chi connectivity index (χ3v) is 3.29. The van der Waals surface area contributed by atoms with Gasteiger partial charge in [-0.15, -0.1) is 11.8 Å². The van der Waals surface area contributed by atoms with Gasteiger partial charge in [-0.25, -0.2) is 0 Å². The number of aryl methyl sites for hydroxylation is 1. The van der Waals surface area contributed by atoms with E-state index in [4.69, 9.17) is 9.57 Å². The number of benzene rings is 1. The van der Waals surface area contributed by atoms with Gasteiger partial charge in [0.25, 0.3) is 0 Å². The standard InChI is InChI=1S/C12H19NO2S/c1-5-9-7-12(16-4)10(8-13-15-3)6-11(9)14-2/h6-7,13H,5,8H2,1-4H3. The lowest BCUT2D eigenvalue weighted by molar-refractivity contribution is 0.0861. The molecular formula is C12H19NO2S.